The van der Waals surface area contributed by atoms with E-state index in [1.807, 2.05) is 84.9 Å². The van der Waals surface area contributed by atoms with Crippen molar-refractivity contribution in [2.24, 2.45) is 5.92 Å². The average Bonchev–Trinajstić information content (AvgIpc) is 2.90. The monoisotopic (exact) mass is 504 g/mol. The van der Waals surface area contributed by atoms with Crippen LogP contribution in [0.1, 0.15) is 31.4 Å². The first-order valence-corrected chi connectivity index (χ1v) is 13.4. The van der Waals surface area contributed by atoms with E-state index < -0.39 is 6.04 Å². The molecule has 190 valence electrons. The van der Waals surface area contributed by atoms with Crippen molar-refractivity contribution in [1.82, 2.24) is 10.2 Å². The van der Waals surface area contributed by atoms with Crippen molar-refractivity contribution in [2.75, 3.05) is 19.4 Å². The van der Waals surface area contributed by atoms with Crippen molar-refractivity contribution < 1.29 is 14.3 Å². The highest BCUT2D eigenvalue weighted by atomic mass is 32.2. The van der Waals surface area contributed by atoms with Gasteiger partial charge < -0.3 is 15.0 Å². The predicted octanol–water partition coefficient (Wildman–Crippen LogP) is 5.59. The zero-order chi connectivity index (χ0) is 25.8. The lowest BCUT2D eigenvalue weighted by Gasteiger charge is -2.32. The second kappa shape index (κ2) is 14.3. The van der Waals surface area contributed by atoms with Crippen molar-refractivity contribution in [2.45, 2.75) is 44.2 Å². The Kier molecular flexibility index (Phi) is 10.9. The lowest BCUT2D eigenvalue weighted by atomic mass is 10.0. The number of carbonyl (C=O) groups excluding carboxylic acids is 2. The molecule has 0 aliphatic rings. The molecule has 3 rings (SSSR count). The summed E-state index contributed by atoms with van der Waals surface area (Å²) in [6.07, 6.45) is 0.790. The summed E-state index contributed by atoms with van der Waals surface area (Å²) in [7, 11) is 1.63. The zero-order valence-corrected chi connectivity index (χ0v) is 22.2. The van der Waals surface area contributed by atoms with Gasteiger partial charge in [0.2, 0.25) is 11.8 Å². The molecule has 1 atom stereocenters. The van der Waals surface area contributed by atoms with E-state index in [-0.39, 0.29) is 11.8 Å². The Morgan fingerprint density at radius 1 is 0.917 bits per heavy atom. The van der Waals surface area contributed by atoms with E-state index in [1.54, 1.807) is 23.8 Å². The van der Waals surface area contributed by atoms with Crippen LogP contribution in [0.15, 0.2) is 89.8 Å². The largest absolute Gasteiger partial charge is 0.497 e. The van der Waals surface area contributed by atoms with Gasteiger partial charge in [0.25, 0.3) is 0 Å². The number of hydrogen-bond donors (Lipinski definition) is 1. The standard InChI is InChI=1S/C30H36N2O3S/c1-23(2)21-31-30(34)28(20-24-11-6-4-7-12-24)32(22-25-13-10-14-26(19-25)35-3)29(33)17-18-36-27-15-8-5-9-16-27/h4-16,19,23,28H,17-18,20-22H2,1-3H3,(H,31,34)/t28-/m0/s1. The molecule has 1 N–H and O–H groups in total. The van der Waals surface area contributed by atoms with E-state index >= 15 is 0 Å². The Bertz CT molecular complexity index is 1090. The first-order chi connectivity index (χ1) is 17.5. The number of nitrogens with one attached hydrogen (secondary N) is 1. The van der Waals surface area contributed by atoms with E-state index in [9.17, 15) is 9.59 Å². The number of amides is 2. The van der Waals surface area contributed by atoms with Gasteiger partial charge in [0, 0.05) is 36.6 Å². The molecule has 3 aromatic carbocycles. The van der Waals surface area contributed by atoms with Gasteiger partial charge in [-0.05, 0) is 41.3 Å². The molecule has 0 aliphatic carbocycles. The van der Waals surface area contributed by atoms with Gasteiger partial charge in [0.05, 0.1) is 7.11 Å². The number of nitrogens with zero attached hydrogens (tertiary/aromatic N) is 1. The fourth-order valence-corrected chi connectivity index (χ4v) is 4.72. The quantitative estimate of drug-likeness (QED) is 0.308. The fourth-order valence-electron chi connectivity index (χ4n) is 3.86. The molecule has 0 heterocycles. The van der Waals surface area contributed by atoms with Crippen molar-refractivity contribution in [3.8, 4) is 5.75 Å². The van der Waals surface area contributed by atoms with Crippen LogP contribution in [-0.4, -0.2) is 42.2 Å². The summed E-state index contributed by atoms with van der Waals surface area (Å²) in [5, 5.41) is 3.07. The minimum atomic E-state index is -0.619. The van der Waals surface area contributed by atoms with Crippen LogP contribution in [0.25, 0.3) is 0 Å². The molecule has 2 amide bonds. The van der Waals surface area contributed by atoms with Crippen LogP contribution in [0.4, 0.5) is 0 Å². The molecule has 0 radical (unpaired) electrons. The molecule has 0 spiro atoms. The number of rotatable bonds is 13. The van der Waals surface area contributed by atoms with Gasteiger partial charge in [-0.2, -0.15) is 0 Å². The second-order valence-corrected chi connectivity index (χ2v) is 10.3. The predicted molar refractivity (Wildman–Crippen MR) is 147 cm³/mol. The minimum absolute atomic E-state index is 0.0399. The molecule has 5 nitrogen and oxygen atoms in total. The van der Waals surface area contributed by atoms with Gasteiger partial charge in [0.1, 0.15) is 11.8 Å². The van der Waals surface area contributed by atoms with Gasteiger partial charge in [-0.25, -0.2) is 0 Å². The number of ether oxygens (including phenoxy) is 1. The Morgan fingerprint density at radius 3 is 2.25 bits per heavy atom. The molecule has 6 heteroatoms. The van der Waals surface area contributed by atoms with Crippen molar-refractivity contribution in [1.29, 1.82) is 0 Å². The molecule has 0 fully saturated rings. The normalized spacial score (nSPS) is 11.7. The molecule has 0 bridgehead atoms. The topological polar surface area (TPSA) is 58.6 Å². The van der Waals surface area contributed by atoms with Gasteiger partial charge in [-0.15, -0.1) is 11.8 Å². The van der Waals surface area contributed by atoms with Gasteiger partial charge >= 0.3 is 0 Å². The summed E-state index contributed by atoms with van der Waals surface area (Å²) in [5.41, 5.74) is 1.94. The van der Waals surface area contributed by atoms with Gasteiger partial charge in [-0.3, -0.25) is 9.59 Å². The summed E-state index contributed by atoms with van der Waals surface area (Å²) < 4.78 is 5.39. The summed E-state index contributed by atoms with van der Waals surface area (Å²) in [6, 6.07) is 27.0. The highest BCUT2D eigenvalue weighted by Crippen LogP contribution is 2.22. The number of benzene rings is 3. The highest BCUT2D eigenvalue weighted by molar-refractivity contribution is 7.99. The van der Waals surface area contributed by atoms with Gasteiger partial charge in [0.15, 0.2) is 0 Å². The average molecular weight is 505 g/mol. The van der Waals surface area contributed by atoms with Crippen LogP contribution in [0.3, 0.4) is 0 Å². The summed E-state index contributed by atoms with van der Waals surface area (Å²) >= 11 is 1.65. The number of thioether (sulfide) groups is 1. The summed E-state index contributed by atoms with van der Waals surface area (Å²) in [6.45, 7) is 5.02. The smallest absolute Gasteiger partial charge is 0.243 e. The molecule has 0 unspecified atom stereocenters. The molecule has 0 saturated heterocycles. The van der Waals surface area contributed by atoms with Crippen LogP contribution in [0, 0.1) is 5.92 Å². The molecule has 0 aliphatic heterocycles. The van der Waals surface area contributed by atoms with E-state index in [0.717, 1.165) is 21.8 Å². The zero-order valence-electron chi connectivity index (χ0n) is 21.4. The number of hydrogen-bond acceptors (Lipinski definition) is 4. The van der Waals surface area contributed by atoms with Crippen LogP contribution < -0.4 is 10.1 Å². The minimum Gasteiger partial charge on any atom is -0.497 e. The SMILES string of the molecule is COc1cccc(CN(C(=O)CCSc2ccccc2)[C@@H](Cc2ccccc2)C(=O)NCC(C)C)c1. The van der Waals surface area contributed by atoms with Gasteiger partial charge in [-0.1, -0.05) is 74.5 Å². The maximum atomic E-state index is 13.7. The third-order valence-corrected chi connectivity index (χ3v) is 6.78. The summed E-state index contributed by atoms with van der Waals surface area (Å²) in [4.78, 5) is 30.0. The second-order valence-electron chi connectivity index (χ2n) is 9.13. The van der Waals surface area contributed by atoms with E-state index in [2.05, 4.69) is 19.2 Å². The Labute approximate surface area is 219 Å². The third-order valence-electron chi connectivity index (χ3n) is 5.77. The lowest BCUT2D eigenvalue weighted by molar-refractivity contribution is -0.141. The highest BCUT2D eigenvalue weighted by Gasteiger charge is 2.30. The molecule has 36 heavy (non-hydrogen) atoms. The Morgan fingerprint density at radius 2 is 1.58 bits per heavy atom. The Hall–Kier alpha value is -3.25. The first kappa shape index (κ1) is 27.3. The van der Waals surface area contributed by atoms with E-state index in [4.69, 9.17) is 4.74 Å². The number of carbonyl (C=O) groups is 2. The van der Waals surface area contributed by atoms with Crippen LogP contribution in [-0.2, 0) is 22.6 Å². The fraction of sp³-hybridized carbons (Fsp3) is 0.333. The van der Waals surface area contributed by atoms with Crippen molar-refractivity contribution >= 4 is 23.6 Å². The lowest BCUT2D eigenvalue weighted by Crippen LogP contribution is -2.51. The van der Waals surface area contributed by atoms with E-state index in [1.165, 1.54) is 0 Å². The first-order valence-electron chi connectivity index (χ1n) is 12.4. The number of methoxy groups -OCH3 is 1. The van der Waals surface area contributed by atoms with Crippen molar-refractivity contribution in [3.05, 3.63) is 96.1 Å². The molecular weight excluding hydrogens is 468 g/mol. The third kappa shape index (κ3) is 8.76. The van der Waals surface area contributed by atoms with Crippen LogP contribution in [0.2, 0.25) is 0 Å². The van der Waals surface area contributed by atoms with E-state index in [0.29, 0.717) is 37.6 Å². The van der Waals surface area contributed by atoms with Crippen LogP contribution in [0.5, 0.6) is 5.75 Å². The van der Waals surface area contributed by atoms with Crippen LogP contribution >= 0.6 is 11.8 Å². The molecular formula is C30H36N2O3S. The maximum Gasteiger partial charge on any atom is 0.243 e. The summed E-state index contributed by atoms with van der Waals surface area (Å²) in [5.74, 6) is 1.52. The maximum absolute atomic E-state index is 13.7. The Balaban J connectivity index is 1.86. The van der Waals surface area contributed by atoms with Crippen molar-refractivity contribution in [3.63, 3.8) is 0 Å². The molecule has 3 aromatic rings. The molecule has 0 saturated carbocycles. The molecule has 0 aromatic heterocycles.